The van der Waals surface area contributed by atoms with Crippen molar-refractivity contribution in [3.8, 4) is 0 Å². The van der Waals surface area contributed by atoms with Crippen molar-refractivity contribution < 1.29 is 0 Å². The second-order valence-electron chi connectivity index (χ2n) is 6.78. The summed E-state index contributed by atoms with van der Waals surface area (Å²) in [7, 11) is 0. The van der Waals surface area contributed by atoms with Crippen LogP contribution in [0.3, 0.4) is 0 Å². The second-order valence-corrected chi connectivity index (χ2v) is 6.78. The van der Waals surface area contributed by atoms with E-state index in [1.807, 2.05) is 4.68 Å². The maximum atomic E-state index is 4.66. The van der Waals surface area contributed by atoms with Gasteiger partial charge in [-0.2, -0.15) is 5.10 Å². The lowest BCUT2D eigenvalue weighted by Crippen LogP contribution is -2.32. The molecule has 1 N–H and O–H groups in total. The lowest BCUT2D eigenvalue weighted by Gasteiger charge is -2.28. The van der Waals surface area contributed by atoms with Crippen molar-refractivity contribution in [1.29, 1.82) is 0 Å². The van der Waals surface area contributed by atoms with Crippen molar-refractivity contribution in [1.82, 2.24) is 15.1 Å². The van der Waals surface area contributed by atoms with Gasteiger partial charge < -0.3 is 5.32 Å². The Balaban J connectivity index is 2.52. The molecule has 1 unspecified atom stereocenters. The molecular formula is C16H31N3. The van der Waals surface area contributed by atoms with Crippen LogP contribution in [0, 0.1) is 5.41 Å². The number of aromatic nitrogens is 2. The fraction of sp³-hybridized carbons (Fsp3) is 0.812. The Kier molecular flexibility index (Phi) is 6.05. The van der Waals surface area contributed by atoms with Crippen molar-refractivity contribution in [2.45, 2.75) is 72.9 Å². The minimum Gasteiger partial charge on any atom is -0.314 e. The molecule has 110 valence electrons. The van der Waals surface area contributed by atoms with Crippen LogP contribution in [0.2, 0.25) is 0 Å². The summed E-state index contributed by atoms with van der Waals surface area (Å²) < 4.78 is 2.05. The highest BCUT2D eigenvalue weighted by Gasteiger charge is 2.22. The number of hydrogen-bond donors (Lipinski definition) is 1. The first-order valence-electron chi connectivity index (χ1n) is 7.61. The zero-order valence-electron chi connectivity index (χ0n) is 13.5. The van der Waals surface area contributed by atoms with Crippen LogP contribution >= 0.6 is 0 Å². The first-order valence-corrected chi connectivity index (χ1v) is 7.61. The normalized spacial score (nSPS) is 14.1. The third-order valence-electron chi connectivity index (χ3n) is 3.45. The van der Waals surface area contributed by atoms with Crippen LogP contribution in [0.5, 0.6) is 0 Å². The van der Waals surface area contributed by atoms with Crippen LogP contribution in [-0.2, 0) is 6.42 Å². The van der Waals surface area contributed by atoms with E-state index < -0.39 is 0 Å². The Hall–Kier alpha value is -0.830. The monoisotopic (exact) mass is 265 g/mol. The Morgan fingerprint density at radius 3 is 2.53 bits per heavy atom. The number of rotatable bonds is 8. The van der Waals surface area contributed by atoms with E-state index in [1.54, 1.807) is 0 Å². The molecule has 0 aromatic carbocycles. The standard InChI is InChI=1S/C16H31N3/c1-7-9-17-14(4)11-16(5,6)12-15-8-10-19(18-15)13(2)3/h8,10,13-14,17H,7,9,11-12H2,1-6H3. The molecule has 0 amide bonds. The molecule has 1 atom stereocenters. The summed E-state index contributed by atoms with van der Waals surface area (Å²) in [6.07, 6.45) is 5.52. The van der Waals surface area contributed by atoms with Crippen LogP contribution in [0.15, 0.2) is 12.3 Å². The zero-order valence-corrected chi connectivity index (χ0v) is 13.5. The Morgan fingerprint density at radius 2 is 2.00 bits per heavy atom. The van der Waals surface area contributed by atoms with Crippen molar-refractivity contribution in [3.63, 3.8) is 0 Å². The molecule has 0 bridgehead atoms. The summed E-state index contributed by atoms with van der Waals surface area (Å²) in [4.78, 5) is 0. The number of hydrogen-bond acceptors (Lipinski definition) is 2. The molecule has 0 aliphatic heterocycles. The summed E-state index contributed by atoms with van der Waals surface area (Å²) in [6, 6.07) is 3.18. The number of nitrogens with zero attached hydrogens (tertiary/aromatic N) is 2. The average molecular weight is 265 g/mol. The molecule has 1 rings (SSSR count). The summed E-state index contributed by atoms with van der Waals surface area (Å²) in [5, 5.41) is 8.23. The van der Waals surface area contributed by atoms with E-state index in [2.05, 4.69) is 64.2 Å². The van der Waals surface area contributed by atoms with Crippen LogP contribution in [0.25, 0.3) is 0 Å². The van der Waals surface area contributed by atoms with Crippen LogP contribution in [-0.4, -0.2) is 22.4 Å². The zero-order chi connectivity index (χ0) is 14.5. The summed E-state index contributed by atoms with van der Waals surface area (Å²) in [6.45, 7) is 14.6. The smallest absolute Gasteiger partial charge is 0.0630 e. The highest BCUT2D eigenvalue weighted by Crippen LogP contribution is 2.27. The summed E-state index contributed by atoms with van der Waals surface area (Å²) in [5.74, 6) is 0. The lowest BCUT2D eigenvalue weighted by molar-refractivity contribution is 0.283. The minimum atomic E-state index is 0.288. The van der Waals surface area contributed by atoms with E-state index in [-0.39, 0.29) is 5.41 Å². The van der Waals surface area contributed by atoms with Crippen molar-refractivity contribution in [2.75, 3.05) is 6.54 Å². The van der Waals surface area contributed by atoms with Crippen LogP contribution in [0.1, 0.15) is 66.1 Å². The molecule has 0 radical (unpaired) electrons. The molecule has 0 saturated carbocycles. The van der Waals surface area contributed by atoms with Gasteiger partial charge in [-0.1, -0.05) is 20.8 Å². The molecule has 0 fully saturated rings. The van der Waals surface area contributed by atoms with Gasteiger partial charge in [0.25, 0.3) is 0 Å². The largest absolute Gasteiger partial charge is 0.314 e. The lowest BCUT2D eigenvalue weighted by atomic mass is 9.82. The molecule has 3 heteroatoms. The number of nitrogens with one attached hydrogen (secondary N) is 1. The molecule has 0 spiro atoms. The first-order chi connectivity index (χ1) is 8.84. The Labute approximate surface area is 118 Å². The topological polar surface area (TPSA) is 29.9 Å². The van der Waals surface area contributed by atoms with Gasteiger partial charge >= 0.3 is 0 Å². The summed E-state index contributed by atoms with van der Waals surface area (Å²) >= 11 is 0. The predicted molar refractivity (Wildman–Crippen MR) is 82.5 cm³/mol. The van der Waals surface area contributed by atoms with Crippen LogP contribution in [0.4, 0.5) is 0 Å². The Bertz CT molecular complexity index is 366. The molecule has 0 aliphatic carbocycles. The van der Waals surface area contributed by atoms with E-state index in [0.29, 0.717) is 12.1 Å². The molecule has 0 aliphatic rings. The third-order valence-corrected chi connectivity index (χ3v) is 3.45. The van der Waals surface area contributed by atoms with Gasteiger partial charge in [0.05, 0.1) is 5.69 Å². The van der Waals surface area contributed by atoms with E-state index in [1.165, 1.54) is 18.5 Å². The fourth-order valence-electron chi connectivity index (χ4n) is 2.61. The molecule has 1 heterocycles. The highest BCUT2D eigenvalue weighted by molar-refractivity contribution is 5.03. The highest BCUT2D eigenvalue weighted by atomic mass is 15.3. The van der Waals surface area contributed by atoms with Crippen LogP contribution < -0.4 is 5.32 Å². The Morgan fingerprint density at radius 1 is 1.32 bits per heavy atom. The van der Waals surface area contributed by atoms with Gasteiger partial charge in [-0.25, -0.2) is 0 Å². The summed E-state index contributed by atoms with van der Waals surface area (Å²) in [5.41, 5.74) is 1.50. The van der Waals surface area contributed by atoms with Gasteiger partial charge in [0.15, 0.2) is 0 Å². The molecule has 0 saturated heterocycles. The van der Waals surface area contributed by atoms with Gasteiger partial charge in [-0.05, 0) is 58.1 Å². The maximum Gasteiger partial charge on any atom is 0.0630 e. The predicted octanol–water partition coefficient (Wildman–Crippen LogP) is 3.81. The molecule has 1 aromatic rings. The average Bonchev–Trinajstić information content (AvgIpc) is 2.73. The third kappa shape index (κ3) is 5.77. The van der Waals surface area contributed by atoms with E-state index in [4.69, 9.17) is 0 Å². The fourth-order valence-corrected chi connectivity index (χ4v) is 2.61. The van der Waals surface area contributed by atoms with Gasteiger partial charge in [-0.15, -0.1) is 0 Å². The second kappa shape index (κ2) is 7.09. The van der Waals surface area contributed by atoms with Gasteiger partial charge in [0, 0.05) is 18.3 Å². The molecule has 19 heavy (non-hydrogen) atoms. The van der Waals surface area contributed by atoms with Gasteiger partial charge in [-0.3, -0.25) is 4.68 Å². The first kappa shape index (κ1) is 16.2. The van der Waals surface area contributed by atoms with E-state index in [0.717, 1.165) is 13.0 Å². The molecule has 3 nitrogen and oxygen atoms in total. The van der Waals surface area contributed by atoms with Crippen molar-refractivity contribution in [3.05, 3.63) is 18.0 Å². The minimum absolute atomic E-state index is 0.288. The molecule has 1 aromatic heterocycles. The quantitative estimate of drug-likeness (QED) is 0.774. The van der Waals surface area contributed by atoms with Gasteiger partial charge in [0.1, 0.15) is 0 Å². The maximum absolute atomic E-state index is 4.66. The van der Waals surface area contributed by atoms with Gasteiger partial charge in [0.2, 0.25) is 0 Å². The SMILES string of the molecule is CCCNC(C)CC(C)(C)Cc1ccn(C(C)C)n1. The van der Waals surface area contributed by atoms with Crippen molar-refractivity contribution in [2.24, 2.45) is 5.41 Å². The van der Waals surface area contributed by atoms with Crippen molar-refractivity contribution >= 4 is 0 Å². The molecular weight excluding hydrogens is 234 g/mol. The van der Waals surface area contributed by atoms with E-state index in [9.17, 15) is 0 Å². The van der Waals surface area contributed by atoms with E-state index >= 15 is 0 Å².